The standard InChI is InChI=1S/C16H18Cl2N4O/c17-5-4-15(23)20-8-10-21(11-9-20)16-19-6-7-22(16)14-3-1-2-13(18)12-14/h1-3,6-7,12H,4-5,8-11H2. The van der Waals surface area contributed by atoms with Crippen LogP contribution in [0.25, 0.3) is 5.69 Å². The topological polar surface area (TPSA) is 41.4 Å². The zero-order valence-corrected chi connectivity index (χ0v) is 14.2. The number of alkyl halides is 1. The van der Waals surface area contributed by atoms with Crippen LogP contribution in [0.4, 0.5) is 5.95 Å². The molecule has 23 heavy (non-hydrogen) atoms. The maximum atomic E-state index is 11.9. The van der Waals surface area contributed by atoms with Crippen molar-refractivity contribution < 1.29 is 4.79 Å². The first-order valence-corrected chi connectivity index (χ1v) is 8.48. The van der Waals surface area contributed by atoms with E-state index in [1.807, 2.05) is 39.9 Å². The van der Waals surface area contributed by atoms with E-state index in [0.717, 1.165) is 24.7 Å². The number of benzene rings is 1. The summed E-state index contributed by atoms with van der Waals surface area (Å²) < 4.78 is 2.02. The van der Waals surface area contributed by atoms with Gasteiger partial charge in [-0.1, -0.05) is 17.7 Å². The third-order valence-electron chi connectivity index (χ3n) is 3.93. The molecule has 0 unspecified atom stereocenters. The fraction of sp³-hybridized carbons (Fsp3) is 0.375. The number of anilines is 1. The lowest BCUT2D eigenvalue weighted by Gasteiger charge is -2.35. The fourth-order valence-electron chi connectivity index (χ4n) is 2.75. The van der Waals surface area contributed by atoms with Crippen LogP contribution in [-0.4, -0.2) is 52.4 Å². The van der Waals surface area contributed by atoms with Crippen molar-refractivity contribution in [3.63, 3.8) is 0 Å². The van der Waals surface area contributed by atoms with E-state index in [9.17, 15) is 4.79 Å². The predicted octanol–water partition coefficient (Wildman–Crippen LogP) is 2.80. The minimum absolute atomic E-state index is 0.123. The highest BCUT2D eigenvalue weighted by Crippen LogP contribution is 2.22. The summed E-state index contributed by atoms with van der Waals surface area (Å²) in [4.78, 5) is 20.4. The number of aromatic nitrogens is 2. The van der Waals surface area contributed by atoms with Crippen molar-refractivity contribution in [2.24, 2.45) is 0 Å². The average molecular weight is 353 g/mol. The third-order valence-corrected chi connectivity index (χ3v) is 4.36. The molecular formula is C16H18Cl2N4O. The second kappa shape index (κ2) is 7.23. The zero-order valence-electron chi connectivity index (χ0n) is 12.7. The molecule has 5 nitrogen and oxygen atoms in total. The summed E-state index contributed by atoms with van der Waals surface area (Å²) in [5, 5.41) is 0.693. The molecule has 7 heteroatoms. The van der Waals surface area contributed by atoms with E-state index in [4.69, 9.17) is 23.2 Å². The summed E-state index contributed by atoms with van der Waals surface area (Å²) >= 11 is 11.7. The van der Waals surface area contributed by atoms with Gasteiger partial charge in [-0.05, 0) is 18.2 Å². The van der Waals surface area contributed by atoms with Crippen LogP contribution in [0.1, 0.15) is 6.42 Å². The fourth-order valence-corrected chi connectivity index (χ4v) is 3.10. The molecule has 1 aromatic carbocycles. The van der Waals surface area contributed by atoms with Crippen LogP contribution in [0, 0.1) is 0 Å². The number of nitrogens with zero attached hydrogens (tertiary/aromatic N) is 4. The maximum Gasteiger partial charge on any atom is 0.223 e. The number of amides is 1. The van der Waals surface area contributed by atoms with Gasteiger partial charge >= 0.3 is 0 Å². The Hall–Kier alpha value is -1.72. The molecule has 0 bridgehead atoms. The molecule has 1 aromatic heterocycles. The first kappa shape index (κ1) is 16.1. The second-order valence-corrected chi connectivity index (χ2v) is 6.20. The minimum atomic E-state index is 0.123. The van der Waals surface area contributed by atoms with E-state index in [0.29, 0.717) is 30.4 Å². The predicted molar refractivity (Wildman–Crippen MR) is 92.7 cm³/mol. The van der Waals surface area contributed by atoms with E-state index in [1.165, 1.54) is 0 Å². The number of piperazine rings is 1. The Balaban J connectivity index is 1.73. The largest absolute Gasteiger partial charge is 0.339 e. The van der Waals surface area contributed by atoms with E-state index in [2.05, 4.69) is 9.88 Å². The van der Waals surface area contributed by atoms with Gasteiger partial charge in [0.1, 0.15) is 0 Å². The monoisotopic (exact) mass is 352 g/mol. The van der Waals surface area contributed by atoms with Gasteiger partial charge in [0.15, 0.2) is 0 Å². The molecule has 122 valence electrons. The van der Waals surface area contributed by atoms with Gasteiger partial charge in [-0.3, -0.25) is 9.36 Å². The Bertz CT molecular complexity index is 680. The lowest BCUT2D eigenvalue weighted by molar-refractivity contribution is -0.131. The number of hydrogen-bond donors (Lipinski definition) is 0. The second-order valence-electron chi connectivity index (χ2n) is 5.38. The normalized spacial score (nSPS) is 15.0. The highest BCUT2D eigenvalue weighted by atomic mass is 35.5. The smallest absolute Gasteiger partial charge is 0.223 e. The van der Waals surface area contributed by atoms with Crippen molar-refractivity contribution >= 4 is 35.1 Å². The van der Waals surface area contributed by atoms with Crippen molar-refractivity contribution in [3.05, 3.63) is 41.7 Å². The van der Waals surface area contributed by atoms with E-state index >= 15 is 0 Å². The lowest BCUT2D eigenvalue weighted by Crippen LogP contribution is -2.49. The summed E-state index contributed by atoms with van der Waals surface area (Å²) in [6, 6.07) is 7.68. The van der Waals surface area contributed by atoms with Crippen molar-refractivity contribution in [1.82, 2.24) is 14.5 Å². The summed E-state index contributed by atoms with van der Waals surface area (Å²) in [6.45, 7) is 2.90. The van der Waals surface area contributed by atoms with Gasteiger partial charge in [0, 0.05) is 61.6 Å². The Morgan fingerprint density at radius 2 is 2.00 bits per heavy atom. The minimum Gasteiger partial charge on any atom is -0.339 e. The van der Waals surface area contributed by atoms with Crippen molar-refractivity contribution in [3.8, 4) is 5.69 Å². The molecule has 1 aliphatic heterocycles. The van der Waals surface area contributed by atoms with Gasteiger partial charge in [0.05, 0.1) is 0 Å². The number of carbonyl (C=O) groups is 1. The molecular weight excluding hydrogens is 335 g/mol. The van der Waals surface area contributed by atoms with Crippen LogP contribution in [-0.2, 0) is 4.79 Å². The highest BCUT2D eigenvalue weighted by Gasteiger charge is 2.23. The first-order valence-electron chi connectivity index (χ1n) is 7.57. The maximum absolute atomic E-state index is 11.9. The van der Waals surface area contributed by atoms with E-state index in [-0.39, 0.29) is 5.91 Å². The van der Waals surface area contributed by atoms with Crippen LogP contribution in [0.3, 0.4) is 0 Å². The van der Waals surface area contributed by atoms with E-state index in [1.54, 1.807) is 6.20 Å². The summed E-state index contributed by atoms with van der Waals surface area (Å²) in [5.41, 5.74) is 0.977. The van der Waals surface area contributed by atoms with Crippen LogP contribution >= 0.6 is 23.2 Å². The molecule has 1 amide bonds. The number of carbonyl (C=O) groups excluding carboxylic acids is 1. The van der Waals surface area contributed by atoms with Crippen LogP contribution in [0.5, 0.6) is 0 Å². The molecule has 2 heterocycles. The SMILES string of the molecule is O=C(CCCl)N1CCN(c2nccn2-c2cccc(Cl)c2)CC1. The van der Waals surface area contributed by atoms with Crippen LogP contribution < -0.4 is 4.90 Å². The lowest BCUT2D eigenvalue weighted by atomic mass is 10.3. The molecule has 1 saturated heterocycles. The molecule has 1 aliphatic rings. The molecule has 0 aliphatic carbocycles. The molecule has 0 saturated carbocycles. The van der Waals surface area contributed by atoms with Crippen molar-refractivity contribution in [1.29, 1.82) is 0 Å². The van der Waals surface area contributed by atoms with Gasteiger partial charge in [-0.25, -0.2) is 4.98 Å². The molecule has 0 N–H and O–H groups in total. The average Bonchev–Trinajstić information content (AvgIpc) is 3.05. The van der Waals surface area contributed by atoms with Crippen molar-refractivity contribution in [2.45, 2.75) is 6.42 Å². The quantitative estimate of drug-likeness (QED) is 0.794. The summed E-state index contributed by atoms with van der Waals surface area (Å²) in [6.07, 6.45) is 4.10. The molecule has 1 fully saturated rings. The number of hydrogen-bond acceptors (Lipinski definition) is 3. The van der Waals surface area contributed by atoms with Gasteiger partial charge in [0.2, 0.25) is 11.9 Å². The third kappa shape index (κ3) is 3.62. The Morgan fingerprint density at radius 1 is 1.22 bits per heavy atom. The number of imidazole rings is 1. The molecule has 0 radical (unpaired) electrons. The Labute approximate surface area is 145 Å². The zero-order chi connectivity index (χ0) is 16.2. The van der Waals surface area contributed by atoms with Crippen molar-refractivity contribution in [2.75, 3.05) is 37.0 Å². The molecule has 0 spiro atoms. The number of halogens is 2. The van der Waals surface area contributed by atoms with Gasteiger partial charge < -0.3 is 9.80 Å². The molecule has 0 atom stereocenters. The van der Waals surface area contributed by atoms with Gasteiger partial charge in [0.25, 0.3) is 0 Å². The molecule has 2 aromatic rings. The van der Waals surface area contributed by atoms with E-state index < -0.39 is 0 Å². The number of rotatable bonds is 4. The highest BCUT2D eigenvalue weighted by molar-refractivity contribution is 6.30. The summed E-state index contributed by atoms with van der Waals surface area (Å²) in [5.74, 6) is 1.37. The first-order chi connectivity index (χ1) is 11.2. The molecule has 3 rings (SSSR count). The Kier molecular flexibility index (Phi) is 5.08. The Morgan fingerprint density at radius 3 is 2.70 bits per heavy atom. The van der Waals surface area contributed by atoms with Crippen LogP contribution in [0.15, 0.2) is 36.7 Å². The van der Waals surface area contributed by atoms with Gasteiger partial charge in [-0.15, -0.1) is 11.6 Å². The summed E-state index contributed by atoms with van der Waals surface area (Å²) in [7, 11) is 0. The van der Waals surface area contributed by atoms with Crippen LogP contribution in [0.2, 0.25) is 5.02 Å². The van der Waals surface area contributed by atoms with Gasteiger partial charge in [-0.2, -0.15) is 0 Å².